The van der Waals surface area contributed by atoms with Gasteiger partial charge < -0.3 is 35.2 Å². The van der Waals surface area contributed by atoms with Crippen LogP contribution in [0.15, 0.2) is 48.5 Å². The second kappa shape index (κ2) is 16.1. The van der Waals surface area contributed by atoms with Crippen LogP contribution in [-0.2, 0) is 9.59 Å². The van der Waals surface area contributed by atoms with Gasteiger partial charge in [0.1, 0.15) is 18.1 Å². The van der Waals surface area contributed by atoms with E-state index in [2.05, 4.69) is 46.5 Å². The van der Waals surface area contributed by atoms with Crippen LogP contribution in [0.4, 0.5) is 17.2 Å². The third kappa shape index (κ3) is 7.51. The number of carbonyl (C=O) groups excluding carboxylic acids is 4. The second-order valence-electron chi connectivity index (χ2n) is 16.2. The number of likely N-dealkylation sites (tertiary alicyclic amines) is 1. The summed E-state index contributed by atoms with van der Waals surface area (Å²) >= 11 is 0. The molecule has 0 bridgehead atoms. The summed E-state index contributed by atoms with van der Waals surface area (Å²) in [5, 5.41) is 35.7. The van der Waals surface area contributed by atoms with E-state index in [1.807, 2.05) is 24.3 Å². The summed E-state index contributed by atoms with van der Waals surface area (Å²) < 4.78 is 0. The van der Waals surface area contributed by atoms with Gasteiger partial charge in [-0.25, -0.2) is 0 Å². The molecule has 57 heavy (non-hydrogen) atoms. The SMILES string of the molecule is CNC(=O)C(CCC=O)N1C(=O)c2ccc(N3CCC(C#N)(CN4CCC(CN5CCN6c7cc(-c8ccccc8O)nnc7NCC6C5)CC4)CC3)cc2C1=O. The lowest BCUT2D eigenvalue weighted by molar-refractivity contribution is -0.124. The third-order valence-electron chi connectivity index (χ3n) is 12.7. The number of piperazine rings is 1. The quantitative estimate of drug-likeness (QED) is 0.192. The molecule has 3 fully saturated rings. The average Bonchev–Trinajstić information content (AvgIpc) is 3.49. The van der Waals surface area contributed by atoms with Crippen molar-refractivity contribution >= 4 is 41.2 Å². The molecular formula is C42H50N10O5. The normalized spacial score (nSPS) is 21.5. The molecule has 3 saturated heterocycles. The topological polar surface area (TPSA) is 178 Å². The van der Waals surface area contributed by atoms with Gasteiger partial charge in [0.05, 0.1) is 40.0 Å². The number of hydrogen-bond acceptors (Lipinski definition) is 13. The number of hydrogen-bond donors (Lipinski definition) is 3. The van der Waals surface area contributed by atoms with Crippen molar-refractivity contribution in [1.29, 1.82) is 5.26 Å². The number of aromatic nitrogens is 2. The zero-order valence-corrected chi connectivity index (χ0v) is 32.4. The number of phenols is 1. The molecule has 3 amide bonds. The monoisotopic (exact) mass is 774 g/mol. The fourth-order valence-electron chi connectivity index (χ4n) is 9.46. The molecule has 2 atom stereocenters. The summed E-state index contributed by atoms with van der Waals surface area (Å²) in [6.07, 6.45) is 4.41. The van der Waals surface area contributed by atoms with E-state index < -0.39 is 29.2 Å². The number of benzene rings is 2. The van der Waals surface area contributed by atoms with Gasteiger partial charge in [-0.1, -0.05) is 12.1 Å². The Balaban J connectivity index is 0.822. The van der Waals surface area contributed by atoms with Crippen molar-refractivity contribution in [3.8, 4) is 23.1 Å². The molecule has 298 valence electrons. The minimum Gasteiger partial charge on any atom is -0.507 e. The van der Waals surface area contributed by atoms with Crippen molar-refractivity contribution < 1.29 is 24.3 Å². The Morgan fingerprint density at radius 2 is 1.77 bits per heavy atom. The number of anilines is 3. The van der Waals surface area contributed by atoms with E-state index in [-0.39, 0.29) is 29.7 Å². The number of imide groups is 1. The maximum absolute atomic E-state index is 13.5. The molecule has 3 N–H and O–H groups in total. The van der Waals surface area contributed by atoms with Crippen LogP contribution in [0.25, 0.3) is 11.3 Å². The number of fused-ring (bicyclic) bond motifs is 4. The first-order chi connectivity index (χ1) is 27.7. The number of nitrogens with zero attached hydrogens (tertiary/aromatic N) is 8. The zero-order chi connectivity index (χ0) is 39.7. The van der Waals surface area contributed by atoms with Crippen LogP contribution >= 0.6 is 0 Å². The molecule has 0 radical (unpaired) electrons. The van der Waals surface area contributed by atoms with Gasteiger partial charge >= 0.3 is 0 Å². The van der Waals surface area contributed by atoms with E-state index in [9.17, 15) is 29.5 Å². The third-order valence-corrected chi connectivity index (χ3v) is 12.7. The number of aromatic hydroxyl groups is 1. The Kier molecular flexibility index (Phi) is 10.8. The minimum atomic E-state index is -1.06. The van der Waals surface area contributed by atoms with Gasteiger partial charge in [0, 0.05) is 77.1 Å². The largest absolute Gasteiger partial charge is 0.507 e. The van der Waals surface area contributed by atoms with Crippen LogP contribution in [0.2, 0.25) is 0 Å². The molecule has 6 heterocycles. The lowest BCUT2D eigenvalue weighted by atomic mass is 9.78. The van der Waals surface area contributed by atoms with Gasteiger partial charge in [0.25, 0.3) is 11.8 Å². The van der Waals surface area contributed by atoms with E-state index in [1.54, 1.807) is 24.3 Å². The van der Waals surface area contributed by atoms with Crippen LogP contribution in [0, 0.1) is 22.7 Å². The van der Waals surface area contributed by atoms with Gasteiger partial charge in [-0.3, -0.25) is 24.2 Å². The molecule has 2 unspecified atom stereocenters. The van der Waals surface area contributed by atoms with Crippen LogP contribution in [0.5, 0.6) is 5.75 Å². The van der Waals surface area contributed by atoms with Gasteiger partial charge in [-0.15, -0.1) is 10.2 Å². The lowest BCUT2D eigenvalue weighted by Crippen LogP contribution is -2.58. The van der Waals surface area contributed by atoms with Crippen molar-refractivity contribution in [3.05, 3.63) is 59.7 Å². The maximum atomic E-state index is 13.5. The van der Waals surface area contributed by atoms with E-state index in [1.165, 1.54) is 7.05 Å². The molecule has 2 aromatic carbocycles. The van der Waals surface area contributed by atoms with Gasteiger partial charge in [0.2, 0.25) is 5.91 Å². The Morgan fingerprint density at radius 1 is 1.00 bits per heavy atom. The molecule has 5 aliphatic rings. The van der Waals surface area contributed by atoms with Gasteiger partial charge in [0.15, 0.2) is 5.82 Å². The highest BCUT2D eigenvalue weighted by atomic mass is 16.3. The highest BCUT2D eigenvalue weighted by molar-refractivity contribution is 6.23. The molecule has 0 spiro atoms. The summed E-state index contributed by atoms with van der Waals surface area (Å²) in [5.74, 6) is 0.0486. The van der Waals surface area contributed by atoms with Crippen molar-refractivity contribution in [3.63, 3.8) is 0 Å². The Labute approximate surface area is 332 Å². The Bertz CT molecular complexity index is 2070. The first-order valence-corrected chi connectivity index (χ1v) is 20.2. The smallest absolute Gasteiger partial charge is 0.262 e. The molecule has 15 heteroatoms. The summed E-state index contributed by atoms with van der Waals surface area (Å²) in [5.41, 5.74) is 3.25. The number of nitrogens with one attached hydrogen (secondary N) is 2. The minimum absolute atomic E-state index is 0.0535. The van der Waals surface area contributed by atoms with Crippen LogP contribution in [0.1, 0.15) is 59.2 Å². The highest BCUT2D eigenvalue weighted by Crippen LogP contribution is 2.39. The average molecular weight is 775 g/mol. The Hall–Kier alpha value is -5.59. The van der Waals surface area contributed by atoms with Crippen molar-refractivity contribution in [2.75, 3.05) is 87.6 Å². The van der Waals surface area contributed by atoms with Gasteiger partial charge in [-0.2, -0.15) is 5.26 Å². The number of aldehydes is 1. The molecule has 1 aromatic heterocycles. The van der Waals surface area contributed by atoms with E-state index >= 15 is 0 Å². The summed E-state index contributed by atoms with van der Waals surface area (Å²) in [7, 11) is 1.44. The summed E-state index contributed by atoms with van der Waals surface area (Å²) in [6.45, 7) is 8.75. The van der Waals surface area contributed by atoms with Crippen LogP contribution < -0.4 is 20.4 Å². The number of piperidine rings is 2. The predicted molar refractivity (Wildman–Crippen MR) is 214 cm³/mol. The maximum Gasteiger partial charge on any atom is 0.262 e. The van der Waals surface area contributed by atoms with Crippen molar-refractivity contribution in [2.45, 2.75) is 50.6 Å². The van der Waals surface area contributed by atoms with E-state index in [0.29, 0.717) is 55.4 Å². The fraction of sp³-hybridized carbons (Fsp3) is 0.500. The first kappa shape index (κ1) is 38.3. The number of amides is 3. The van der Waals surface area contributed by atoms with Crippen LogP contribution in [-0.4, -0.2) is 139 Å². The number of likely N-dealkylation sites (N-methyl/N-ethyl adjacent to an activating group) is 1. The molecule has 0 saturated carbocycles. The molecule has 5 aliphatic heterocycles. The van der Waals surface area contributed by atoms with Crippen molar-refractivity contribution in [1.82, 2.24) is 30.2 Å². The molecule has 0 aliphatic carbocycles. The standard InChI is InChI=1S/C42H50N10O5/c1-44-39(55)35(6-4-20-53)52-40(56)31-9-8-29(21-33(31)41(52)57)50-16-12-42(26-43,13-17-50)27-48-14-10-28(11-15-48)24-49-18-19-51-30(25-49)23-45-38-36(51)22-34(46-47-38)32-5-2-3-7-37(32)54/h2-3,5,7-9,20-22,28,30,35,54H,4,6,10-19,23-25,27H2,1H3,(H,44,55)(H,45,47). The summed E-state index contributed by atoms with van der Waals surface area (Å²) in [4.78, 5) is 61.0. The van der Waals surface area contributed by atoms with Crippen molar-refractivity contribution in [2.24, 2.45) is 11.3 Å². The number of phenolic OH excluding ortho intramolecular Hbond substituents is 1. The molecule has 3 aromatic rings. The molecule has 8 rings (SSSR count). The number of carbonyl (C=O) groups is 4. The summed E-state index contributed by atoms with van der Waals surface area (Å²) in [6, 6.07) is 16.4. The molecule has 15 nitrogen and oxygen atoms in total. The van der Waals surface area contributed by atoms with E-state index in [4.69, 9.17) is 0 Å². The van der Waals surface area contributed by atoms with Gasteiger partial charge in [-0.05, 0) is 87.5 Å². The fourth-order valence-corrected chi connectivity index (χ4v) is 9.46. The Morgan fingerprint density at radius 3 is 2.51 bits per heavy atom. The van der Waals surface area contributed by atoms with E-state index in [0.717, 1.165) is 87.3 Å². The number of rotatable bonds is 11. The van der Waals surface area contributed by atoms with Crippen LogP contribution in [0.3, 0.4) is 0 Å². The lowest BCUT2D eigenvalue weighted by Gasteiger charge is -2.47. The number of para-hydroxylation sites is 1. The zero-order valence-electron chi connectivity index (χ0n) is 32.4. The molecular weight excluding hydrogens is 725 g/mol. The first-order valence-electron chi connectivity index (χ1n) is 20.2. The second-order valence-corrected chi connectivity index (χ2v) is 16.2. The predicted octanol–water partition coefficient (Wildman–Crippen LogP) is 2.98. The highest BCUT2D eigenvalue weighted by Gasteiger charge is 2.44. The number of nitriles is 1.